The van der Waals surface area contributed by atoms with E-state index in [0.29, 0.717) is 16.6 Å². The van der Waals surface area contributed by atoms with Gasteiger partial charge in [0, 0.05) is 6.54 Å². The number of hydrogen-bond acceptors (Lipinski definition) is 2. The van der Waals surface area contributed by atoms with Gasteiger partial charge in [0.05, 0.1) is 21.8 Å². The summed E-state index contributed by atoms with van der Waals surface area (Å²) >= 11 is 11.7. The first kappa shape index (κ1) is 10.6. The zero-order chi connectivity index (χ0) is 9.84. The van der Waals surface area contributed by atoms with Crippen molar-refractivity contribution in [1.29, 1.82) is 0 Å². The SMILES string of the molecule is C[C@@H](O)CNc1cccc(Cl)c1Cl. The molecule has 0 aromatic heterocycles. The molecule has 0 saturated heterocycles. The summed E-state index contributed by atoms with van der Waals surface area (Å²) in [4.78, 5) is 0. The van der Waals surface area contributed by atoms with E-state index in [1.807, 2.05) is 6.07 Å². The van der Waals surface area contributed by atoms with Gasteiger partial charge in [-0.1, -0.05) is 29.3 Å². The fraction of sp³-hybridized carbons (Fsp3) is 0.333. The maximum Gasteiger partial charge on any atom is 0.0823 e. The molecule has 13 heavy (non-hydrogen) atoms. The van der Waals surface area contributed by atoms with Crippen molar-refractivity contribution < 1.29 is 5.11 Å². The zero-order valence-electron chi connectivity index (χ0n) is 7.22. The number of anilines is 1. The molecule has 1 aromatic rings. The molecule has 0 amide bonds. The molecule has 1 aromatic carbocycles. The minimum Gasteiger partial charge on any atom is -0.392 e. The van der Waals surface area contributed by atoms with Crippen molar-refractivity contribution in [1.82, 2.24) is 0 Å². The third kappa shape index (κ3) is 3.07. The van der Waals surface area contributed by atoms with Crippen LogP contribution in [0.5, 0.6) is 0 Å². The normalized spacial score (nSPS) is 12.6. The number of halogens is 2. The van der Waals surface area contributed by atoms with Crippen LogP contribution in [0.25, 0.3) is 0 Å². The van der Waals surface area contributed by atoms with Gasteiger partial charge >= 0.3 is 0 Å². The quantitative estimate of drug-likeness (QED) is 0.820. The van der Waals surface area contributed by atoms with Gasteiger partial charge in [-0.05, 0) is 19.1 Å². The molecule has 1 rings (SSSR count). The minimum absolute atomic E-state index is 0.407. The Morgan fingerprint density at radius 2 is 2.15 bits per heavy atom. The van der Waals surface area contributed by atoms with Gasteiger partial charge in [0.1, 0.15) is 0 Å². The van der Waals surface area contributed by atoms with Gasteiger partial charge in [0.25, 0.3) is 0 Å². The summed E-state index contributed by atoms with van der Waals surface area (Å²) in [6.45, 7) is 2.16. The molecule has 4 heteroatoms. The Kier molecular flexibility index (Phi) is 3.85. The van der Waals surface area contributed by atoms with E-state index in [4.69, 9.17) is 28.3 Å². The summed E-state index contributed by atoms with van der Waals surface area (Å²) in [5.41, 5.74) is 0.745. The second-order valence-electron chi connectivity index (χ2n) is 2.83. The highest BCUT2D eigenvalue weighted by Gasteiger charge is 2.03. The van der Waals surface area contributed by atoms with Crippen molar-refractivity contribution in [3.05, 3.63) is 28.2 Å². The lowest BCUT2D eigenvalue weighted by molar-refractivity contribution is 0.208. The van der Waals surface area contributed by atoms with Crippen LogP contribution in [0.15, 0.2) is 18.2 Å². The van der Waals surface area contributed by atoms with Gasteiger partial charge in [-0.2, -0.15) is 0 Å². The Morgan fingerprint density at radius 3 is 2.77 bits per heavy atom. The fourth-order valence-corrected chi connectivity index (χ4v) is 1.27. The fourth-order valence-electron chi connectivity index (χ4n) is 0.898. The monoisotopic (exact) mass is 219 g/mol. The average Bonchev–Trinajstić information content (AvgIpc) is 2.07. The Bertz CT molecular complexity index is 289. The maximum absolute atomic E-state index is 9.04. The topological polar surface area (TPSA) is 32.3 Å². The molecule has 2 nitrogen and oxygen atoms in total. The lowest BCUT2D eigenvalue weighted by Gasteiger charge is -2.10. The van der Waals surface area contributed by atoms with Gasteiger partial charge < -0.3 is 10.4 Å². The van der Waals surface area contributed by atoms with Crippen LogP contribution in [0.1, 0.15) is 6.92 Å². The molecule has 0 saturated carbocycles. The van der Waals surface area contributed by atoms with E-state index in [-0.39, 0.29) is 0 Å². The lowest BCUT2D eigenvalue weighted by Crippen LogP contribution is -2.15. The van der Waals surface area contributed by atoms with E-state index in [1.54, 1.807) is 19.1 Å². The van der Waals surface area contributed by atoms with Crippen molar-refractivity contribution in [2.75, 3.05) is 11.9 Å². The van der Waals surface area contributed by atoms with E-state index in [1.165, 1.54) is 0 Å². The molecule has 0 bridgehead atoms. The van der Waals surface area contributed by atoms with E-state index >= 15 is 0 Å². The predicted molar refractivity (Wildman–Crippen MR) is 56.6 cm³/mol. The highest BCUT2D eigenvalue weighted by molar-refractivity contribution is 6.43. The summed E-state index contributed by atoms with van der Waals surface area (Å²) in [6, 6.07) is 5.34. The Morgan fingerprint density at radius 1 is 1.46 bits per heavy atom. The Balaban J connectivity index is 2.71. The molecule has 72 valence electrons. The van der Waals surface area contributed by atoms with Crippen LogP contribution in [0, 0.1) is 0 Å². The van der Waals surface area contributed by atoms with Gasteiger partial charge in [-0.15, -0.1) is 0 Å². The molecule has 0 fully saturated rings. The first-order valence-corrected chi connectivity index (χ1v) is 4.73. The number of aliphatic hydroxyl groups excluding tert-OH is 1. The van der Waals surface area contributed by atoms with Gasteiger partial charge in [0.2, 0.25) is 0 Å². The molecule has 0 aliphatic carbocycles. The third-order valence-electron chi connectivity index (χ3n) is 1.54. The van der Waals surface area contributed by atoms with Gasteiger partial charge in [-0.3, -0.25) is 0 Å². The van der Waals surface area contributed by atoms with Gasteiger partial charge in [-0.25, -0.2) is 0 Å². The largest absolute Gasteiger partial charge is 0.392 e. The van der Waals surface area contributed by atoms with Crippen LogP contribution >= 0.6 is 23.2 Å². The van der Waals surface area contributed by atoms with Crippen molar-refractivity contribution in [2.45, 2.75) is 13.0 Å². The first-order chi connectivity index (χ1) is 6.11. The summed E-state index contributed by atoms with van der Waals surface area (Å²) < 4.78 is 0. The molecule has 0 heterocycles. The van der Waals surface area contributed by atoms with Gasteiger partial charge in [0.15, 0.2) is 0 Å². The second-order valence-corrected chi connectivity index (χ2v) is 3.62. The molecular formula is C9H11Cl2NO. The Labute approximate surface area is 87.5 Å². The maximum atomic E-state index is 9.04. The highest BCUT2D eigenvalue weighted by Crippen LogP contribution is 2.29. The predicted octanol–water partition coefficient (Wildman–Crippen LogP) is 2.79. The van der Waals surface area contributed by atoms with Crippen LogP contribution in [-0.4, -0.2) is 17.8 Å². The van der Waals surface area contributed by atoms with Crippen LogP contribution in [0.4, 0.5) is 5.69 Å². The minimum atomic E-state index is -0.407. The molecule has 0 spiro atoms. The second kappa shape index (κ2) is 4.70. The Hall–Kier alpha value is -0.440. The average molecular weight is 220 g/mol. The van der Waals surface area contributed by atoms with E-state index in [9.17, 15) is 0 Å². The summed E-state index contributed by atoms with van der Waals surface area (Å²) in [7, 11) is 0. The van der Waals surface area contributed by atoms with Crippen molar-refractivity contribution in [2.24, 2.45) is 0 Å². The van der Waals surface area contributed by atoms with Crippen LogP contribution in [-0.2, 0) is 0 Å². The van der Waals surface area contributed by atoms with Crippen LogP contribution < -0.4 is 5.32 Å². The van der Waals surface area contributed by atoms with Crippen molar-refractivity contribution in [3.63, 3.8) is 0 Å². The van der Waals surface area contributed by atoms with Crippen molar-refractivity contribution in [3.8, 4) is 0 Å². The van der Waals surface area contributed by atoms with Crippen molar-refractivity contribution >= 4 is 28.9 Å². The molecule has 2 N–H and O–H groups in total. The molecule has 1 atom stereocenters. The molecule has 0 aliphatic heterocycles. The summed E-state index contributed by atoms with van der Waals surface area (Å²) in [5.74, 6) is 0. The number of nitrogens with one attached hydrogen (secondary N) is 1. The molecule has 0 aliphatic rings. The smallest absolute Gasteiger partial charge is 0.0823 e. The van der Waals surface area contributed by atoms with Crippen LogP contribution in [0.2, 0.25) is 10.0 Å². The lowest BCUT2D eigenvalue weighted by atomic mass is 10.3. The highest BCUT2D eigenvalue weighted by atomic mass is 35.5. The zero-order valence-corrected chi connectivity index (χ0v) is 8.73. The molecule has 0 radical (unpaired) electrons. The van der Waals surface area contributed by atoms with E-state index in [0.717, 1.165) is 5.69 Å². The van der Waals surface area contributed by atoms with Crippen LogP contribution in [0.3, 0.4) is 0 Å². The number of aliphatic hydroxyl groups is 1. The van der Waals surface area contributed by atoms with E-state index in [2.05, 4.69) is 5.32 Å². The standard InChI is InChI=1S/C9H11Cl2NO/c1-6(13)5-12-8-4-2-3-7(10)9(8)11/h2-4,6,12-13H,5H2,1H3/t6-/m1/s1. The first-order valence-electron chi connectivity index (χ1n) is 3.97. The number of benzene rings is 1. The third-order valence-corrected chi connectivity index (χ3v) is 2.36. The molecular weight excluding hydrogens is 209 g/mol. The summed E-state index contributed by atoms with van der Waals surface area (Å²) in [6.07, 6.45) is -0.407. The molecule has 0 unspecified atom stereocenters. The van der Waals surface area contributed by atoms with E-state index < -0.39 is 6.10 Å². The summed E-state index contributed by atoms with van der Waals surface area (Å²) in [5, 5.41) is 13.0. The number of rotatable bonds is 3. The number of hydrogen-bond donors (Lipinski definition) is 2.